The quantitative estimate of drug-likeness (QED) is 0.873. The summed E-state index contributed by atoms with van der Waals surface area (Å²) in [4.78, 5) is 24.6. The monoisotopic (exact) mass is 294 g/mol. The second-order valence-corrected chi connectivity index (χ2v) is 5.79. The number of nitrogens with one attached hydrogen (secondary N) is 1. The summed E-state index contributed by atoms with van der Waals surface area (Å²) in [5.41, 5.74) is 0.719. The lowest BCUT2D eigenvalue weighted by Crippen LogP contribution is -2.45. The first-order chi connectivity index (χ1) is 9.66. The largest absolute Gasteiger partial charge is 0.481 e. The summed E-state index contributed by atoms with van der Waals surface area (Å²) in [7, 11) is 0. The van der Waals surface area contributed by atoms with Crippen molar-refractivity contribution in [2.24, 2.45) is 0 Å². The van der Waals surface area contributed by atoms with Crippen LogP contribution in [0.4, 0.5) is 10.5 Å². The average Bonchev–Trinajstić information content (AvgIpc) is 2.92. The molecule has 0 radical (unpaired) electrons. The van der Waals surface area contributed by atoms with Crippen molar-refractivity contribution in [1.29, 1.82) is 0 Å². The molecule has 1 saturated heterocycles. The lowest BCUT2D eigenvalue weighted by atomic mass is 10.2. The summed E-state index contributed by atoms with van der Waals surface area (Å²) in [6.07, 6.45) is 0.902. The molecule has 20 heavy (non-hydrogen) atoms. The number of para-hydroxylation sites is 1. The maximum Gasteiger partial charge on any atom is 0.322 e. The lowest BCUT2D eigenvalue weighted by molar-refractivity contribution is -0.136. The second kappa shape index (κ2) is 7.19. The number of carbonyl (C=O) groups excluding carboxylic acids is 1. The highest BCUT2D eigenvalue weighted by Gasteiger charge is 2.22. The van der Waals surface area contributed by atoms with Crippen LogP contribution >= 0.6 is 11.8 Å². The standard InChI is InChI=1S/C14H18N2O3S/c17-13(18)6-8-16(12-4-2-1-3-5-12)14(19)15-11-7-9-20-10-11/h1-5,11H,6-10H2,(H,15,19)(H,17,18). The molecule has 0 aliphatic carbocycles. The van der Waals surface area contributed by atoms with E-state index in [9.17, 15) is 9.59 Å². The molecule has 0 bridgehead atoms. The van der Waals surface area contributed by atoms with E-state index in [0.29, 0.717) is 0 Å². The van der Waals surface area contributed by atoms with Crippen molar-refractivity contribution in [2.75, 3.05) is 23.0 Å². The Morgan fingerprint density at radius 1 is 1.35 bits per heavy atom. The summed E-state index contributed by atoms with van der Waals surface area (Å²) < 4.78 is 0. The molecule has 0 saturated carbocycles. The fourth-order valence-electron chi connectivity index (χ4n) is 2.06. The van der Waals surface area contributed by atoms with Gasteiger partial charge in [-0.2, -0.15) is 11.8 Å². The van der Waals surface area contributed by atoms with Crippen LogP contribution in [0.25, 0.3) is 0 Å². The molecule has 1 heterocycles. The minimum Gasteiger partial charge on any atom is -0.481 e. The Morgan fingerprint density at radius 2 is 2.10 bits per heavy atom. The maximum atomic E-state index is 12.3. The number of carbonyl (C=O) groups is 2. The Bertz CT molecular complexity index is 461. The first kappa shape index (κ1) is 14.7. The Kier molecular flexibility index (Phi) is 5.29. The smallest absolute Gasteiger partial charge is 0.322 e. The number of thioether (sulfide) groups is 1. The van der Waals surface area contributed by atoms with Gasteiger partial charge in [-0.1, -0.05) is 18.2 Å². The van der Waals surface area contributed by atoms with E-state index in [1.807, 2.05) is 42.1 Å². The Hall–Kier alpha value is -1.69. The van der Waals surface area contributed by atoms with Crippen LogP contribution in [0.5, 0.6) is 0 Å². The SMILES string of the molecule is O=C(O)CCN(C(=O)NC1CCSC1)c1ccccc1. The molecule has 5 nitrogen and oxygen atoms in total. The summed E-state index contributed by atoms with van der Waals surface area (Å²) in [5, 5.41) is 11.8. The van der Waals surface area contributed by atoms with Gasteiger partial charge < -0.3 is 10.4 Å². The van der Waals surface area contributed by atoms with Crippen LogP contribution in [-0.4, -0.2) is 41.2 Å². The third-order valence-corrected chi connectivity index (χ3v) is 4.28. The summed E-state index contributed by atoms with van der Waals surface area (Å²) in [5.74, 6) is 1.08. The molecule has 1 aliphatic heterocycles. The van der Waals surface area contributed by atoms with Crippen LogP contribution in [0.2, 0.25) is 0 Å². The van der Waals surface area contributed by atoms with Crippen molar-refractivity contribution in [3.05, 3.63) is 30.3 Å². The number of hydrogen-bond acceptors (Lipinski definition) is 3. The molecule has 1 fully saturated rings. The van der Waals surface area contributed by atoms with E-state index >= 15 is 0 Å². The minimum absolute atomic E-state index is 0.0677. The number of hydrogen-bond donors (Lipinski definition) is 2. The van der Waals surface area contributed by atoms with Gasteiger partial charge in [-0.05, 0) is 24.3 Å². The van der Waals surface area contributed by atoms with E-state index in [-0.39, 0.29) is 25.0 Å². The third kappa shape index (κ3) is 4.16. The molecule has 2 rings (SSSR count). The predicted molar refractivity (Wildman–Crippen MR) is 80.3 cm³/mol. The molecule has 0 aromatic heterocycles. The van der Waals surface area contributed by atoms with Gasteiger partial charge in [0.25, 0.3) is 0 Å². The van der Waals surface area contributed by atoms with Crippen LogP contribution < -0.4 is 10.2 Å². The van der Waals surface area contributed by atoms with Gasteiger partial charge in [0, 0.05) is 24.0 Å². The molecule has 1 atom stereocenters. The van der Waals surface area contributed by atoms with Gasteiger partial charge >= 0.3 is 12.0 Å². The van der Waals surface area contributed by atoms with Crippen LogP contribution in [0, 0.1) is 0 Å². The van der Waals surface area contributed by atoms with Crippen molar-refractivity contribution >= 4 is 29.4 Å². The van der Waals surface area contributed by atoms with E-state index in [1.165, 1.54) is 4.90 Å². The van der Waals surface area contributed by atoms with E-state index in [2.05, 4.69) is 5.32 Å². The van der Waals surface area contributed by atoms with Crippen molar-refractivity contribution in [1.82, 2.24) is 5.32 Å². The van der Waals surface area contributed by atoms with Gasteiger partial charge in [-0.25, -0.2) is 4.79 Å². The van der Waals surface area contributed by atoms with Crippen LogP contribution in [0.15, 0.2) is 30.3 Å². The number of amides is 2. The van der Waals surface area contributed by atoms with E-state index < -0.39 is 5.97 Å². The zero-order chi connectivity index (χ0) is 14.4. The molecule has 1 aromatic rings. The number of urea groups is 1. The summed E-state index contributed by atoms with van der Waals surface area (Å²) >= 11 is 1.82. The average molecular weight is 294 g/mol. The van der Waals surface area contributed by atoms with E-state index in [1.54, 1.807) is 0 Å². The molecule has 1 aliphatic rings. The van der Waals surface area contributed by atoms with Crippen molar-refractivity contribution < 1.29 is 14.7 Å². The number of carboxylic acid groups (broad SMARTS) is 1. The Balaban J connectivity index is 2.04. The van der Waals surface area contributed by atoms with Gasteiger partial charge in [0.05, 0.1) is 6.42 Å². The predicted octanol–water partition coefficient (Wildman–Crippen LogP) is 2.18. The molecular weight excluding hydrogens is 276 g/mol. The summed E-state index contributed by atoms with van der Waals surface area (Å²) in [6.45, 7) is 0.172. The number of rotatable bonds is 5. The highest BCUT2D eigenvalue weighted by molar-refractivity contribution is 7.99. The van der Waals surface area contributed by atoms with Gasteiger partial charge in [-0.15, -0.1) is 0 Å². The molecule has 1 unspecified atom stereocenters. The molecule has 0 spiro atoms. The minimum atomic E-state index is -0.907. The topological polar surface area (TPSA) is 69.6 Å². The molecule has 108 valence electrons. The van der Waals surface area contributed by atoms with E-state index in [0.717, 1.165) is 23.6 Å². The molecule has 6 heteroatoms. The zero-order valence-corrected chi connectivity index (χ0v) is 11.9. The van der Waals surface area contributed by atoms with E-state index in [4.69, 9.17) is 5.11 Å². The second-order valence-electron chi connectivity index (χ2n) is 4.64. The highest BCUT2D eigenvalue weighted by atomic mass is 32.2. The Labute approximate surface area is 122 Å². The number of anilines is 1. The molecule has 2 amide bonds. The van der Waals surface area contributed by atoms with Crippen molar-refractivity contribution in [3.8, 4) is 0 Å². The fourth-order valence-corrected chi connectivity index (χ4v) is 3.22. The van der Waals surface area contributed by atoms with Gasteiger partial charge in [0.2, 0.25) is 0 Å². The van der Waals surface area contributed by atoms with Gasteiger partial charge in [0.1, 0.15) is 0 Å². The number of aliphatic carboxylic acids is 1. The van der Waals surface area contributed by atoms with Crippen LogP contribution in [0.1, 0.15) is 12.8 Å². The van der Waals surface area contributed by atoms with Crippen LogP contribution in [-0.2, 0) is 4.79 Å². The van der Waals surface area contributed by atoms with Gasteiger partial charge in [-0.3, -0.25) is 9.69 Å². The van der Waals surface area contributed by atoms with Crippen molar-refractivity contribution in [3.63, 3.8) is 0 Å². The summed E-state index contributed by atoms with van der Waals surface area (Å²) in [6, 6.07) is 9.12. The number of carboxylic acids is 1. The Morgan fingerprint density at radius 3 is 2.70 bits per heavy atom. The third-order valence-electron chi connectivity index (χ3n) is 3.12. The maximum absolute atomic E-state index is 12.3. The first-order valence-corrected chi connectivity index (χ1v) is 7.75. The molecular formula is C14H18N2O3S. The number of nitrogens with zero attached hydrogens (tertiary/aromatic N) is 1. The lowest BCUT2D eigenvalue weighted by Gasteiger charge is -2.24. The van der Waals surface area contributed by atoms with Crippen LogP contribution in [0.3, 0.4) is 0 Å². The first-order valence-electron chi connectivity index (χ1n) is 6.59. The van der Waals surface area contributed by atoms with Gasteiger partial charge in [0.15, 0.2) is 0 Å². The number of benzene rings is 1. The normalized spacial score (nSPS) is 17.7. The highest BCUT2D eigenvalue weighted by Crippen LogP contribution is 2.19. The van der Waals surface area contributed by atoms with Crippen molar-refractivity contribution in [2.45, 2.75) is 18.9 Å². The molecule has 2 N–H and O–H groups in total. The fraction of sp³-hybridized carbons (Fsp3) is 0.429. The molecule has 1 aromatic carbocycles. The zero-order valence-electron chi connectivity index (χ0n) is 11.1.